The minimum absolute atomic E-state index is 0.219. The van der Waals surface area contributed by atoms with Gasteiger partial charge >= 0.3 is 0 Å². The first kappa shape index (κ1) is 12.0. The fraction of sp³-hybridized carbons (Fsp3) is 0.500. The van der Waals surface area contributed by atoms with Crippen molar-refractivity contribution in [1.82, 2.24) is 0 Å². The Bertz CT molecular complexity index is 331. The number of hydrogen-bond acceptors (Lipinski definition) is 2. The van der Waals surface area contributed by atoms with Crippen LogP contribution in [-0.2, 0) is 16.1 Å². The summed E-state index contributed by atoms with van der Waals surface area (Å²) < 4.78 is 24.7. The molecule has 1 fully saturated rings. The van der Waals surface area contributed by atoms with Crippen molar-refractivity contribution in [3.8, 4) is 0 Å². The Morgan fingerprint density at radius 3 is 3.00 bits per heavy atom. The summed E-state index contributed by atoms with van der Waals surface area (Å²) >= 11 is 3.25. The minimum Gasteiger partial charge on any atom is -0.376 e. The van der Waals surface area contributed by atoms with Crippen molar-refractivity contribution in [3.05, 3.63) is 34.1 Å². The van der Waals surface area contributed by atoms with Crippen molar-refractivity contribution in [3.63, 3.8) is 0 Å². The van der Waals surface area contributed by atoms with E-state index in [1.165, 1.54) is 12.1 Å². The maximum Gasteiger partial charge on any atom is 0.124 e. The summed E-state index contributed by atoms with van der Waals surface area (Å²) in [4.78, 5) is 0. The predicted molar refractivity (Wildman–Crippen MR) is 62.7 cm³/mol. The van der Waals surface area contributed by atoms with Crippen LogP contribution < -0.4 is 0 Å². The van der Waals surface area contributed by atoms with Gasteiger partial charge in [-0.2, -0.15) is 0 Å². The Labute approximate surface area is 103 Å². The molecule has 1 atom stereocenters. The van der Waals surface area contributed by atoms with Gasteiger partial charge < -0.3 is 9.47 Å². The molecule has 0 spiro atoms. The molecule has 0 aromatic heterocycles. The number of halogens is 2. The summed E-state index contributed by atoms with van der Waals surface area (Å²) in [5.74, 6) is -0.245. The molecule has 1 saturated heterocycles. The summed E-state index contributed by atoms with van der Waals surface area (Å²) in [6.45, 7) is 1.85. The largest absolute Gasteiger partial charge is 0.376 e. The standard InChI is InChI=1S/C12H14BrFO2/c13-10-4-9(5-11(14)6-10)7-15-8-12-2-1-3-16-12/h4-6,12H,1-3,7-8H2. The first-order valence-electron chi connectivity index (χ1n) is 5.38. The van der Waals surface area contributed by atoms with Crippen LogP contribution in [0.4, 0.5) is 4.39 Å². The fourth-order valence-corrected chi connectivity index (χ4v) is 2.29. The Morgan fingerprint density at radius 1 is 1.44 bits per heavy atom. The molecule has 0 bridgehead atoms. The van der Waals surface area contributed by atoms with Crippen LogP contribution in [0, 0.1) is 5.82 Å². The summed E-state index contributed by atoms with van der Waals surface area (Å²) in [6.07, 6.45) is 2.39. The lowest BCUT2D eigenvalue weighted by Crippen LogP contribution is -2.13. The molecule has 1 aliphatic heterocycles. The van der Waals surface area contributed by atoms with Crippen molar-refractivity contribution in [2.24, 2.45) is 0 Å². The van der Waals surface area contributed by atoms with Crippen molar-refractivity contribution in [2.45, 2.75) is 25.6 Å². The monoisotopic (exact) mass is 288 g/mol. The molecule has 0 saturated carbocycles. The lowest BCUT2D eigenvalue weighted by atomic mass is 10.2. The van der Waals surface area contributed by atoms with E-state index in [4.69, 9.17) is 9.47 Å². The van der Waals surface area contributed by atoms with E-state index in [9.17, 15) is 4.39 Å². The second kappa shape index (κ2) is 5.75. The second-order valence-electron chi connectivity index (χ2n) is 3.93. The zero-order chi connectivity index (χ0) is 11.4. The van der Waals surface area contributed by atoms with E-state index in [0.29, 0.717) is 13.2 Å². The van der Waals surface area contributed by atoms with E-state index in [2.05, 4.69) is 15.9 Å². The third kappa shape index (κ3) is 3.54. The number of hydrogen-bond donors (Lipinski definition) is 0. The number of rotatable bonds is 4. The van der Waals surface area contributed by atoms with Gasteiger partial charge in [0.1, 0.15) is 5.82 Å². The molecular formula is C12H14BrFO2. The molecule has 1 heterocycles. The molecule has 0 aliphatic carbocycles. The predicted octanol–water partition coefficient (Wildman–Crippen LogP) is 3.28. The quantitative estimate of drug-likeness (QED) is 0.847. The van der Waals surface area contributed by atoms with Gasteiger partial charge in [0, 0.05) is 11.1 Å². The van der Waals surface area contributed by atoms with Crippen LogP contribution in [0.15, 0.2) is 22.7 Å². The molecule has 1 aliphatic rings. The van der Waals surface area contributed by atoms with E-state index in [1.54, 1.807) is 0 Å². The van der Waals surface area contributed by atoms with Gasteiger partial charge in [-0.15, -0.1) is 0 Å². The van der Waals surface area contributed by atoms with E-state index >= 15 is 0 Å². The highest BCUT2D eigenvalue weighted by Crippen LogP contribution is 2.17. The molecule has 88 valence electrons. The lowest BCUT2D eigenvalue weighted by Gasteiger charge is -2.10. The van der Waals surface area contributed by atoms with Crippen LogP contribution in [0.3, 0.4) is 0 Å². The van der Waals surface area contributed by atoms with Crippen LogP contribution >= 0.6 is 15.9 Å². The maximum absolute atomic E-state index is 13.0. The second-order valence-corrected chi connectivity index (χ2v) is 4.84. The molecule has 2 rings (SSSR count). The van der Waals surface area contributed by atoms with Gasteiger partial charge in [0.2, 0.25) is 0 Å². The van der Waals surface area contributed by atoms with Gasteiger partial charge in [-0.1, -0.05) is 15.9 Å². The third-order valence-corrected chi connectivity index (χ3v) is 2.98. The highest BCUT2D eigenvalue weighted by Gasteiger charge is 2.15. The minimum atomic E-state index is -0.245. The van der Waals surface area contributed by atoms with E-state index in [-0.39, 0.29) is 11.9 Å². The smallest absolute Gasteiger partial charge is 0.124 e. The van der Waals surface area contributed by atoms with Crippen LogP contribution in [0.1, 0.15) is 18.4 Å². The van der Waals surface area contributed by atoms with Gasteiger partial charge in [-0.3, -0.25) is 0 Å². The fourth-order valence-electron chi connectivity index (χ4n) is 1.78. The van der Waals surface area contributed by atoms with Gasteiger partial charge in [0.25, 0.3) is 0 Å². The van der Waals surface area contributed by atoms with E-state index in [1.807, 2.05) is 6.07 Å². The van der Waals surface area contributed by atoms with Crippen molar-refractivity contribution < 1.29 is 13.9 Å². The Morgan fingerprint density at radius 2 is 2.31 bits per heavy atom. The molecule has 2 nitrogen and oxygen atoms in total. The average molecular weight is 289 g/mol. The lowest BCUT2D eigenvalue weighted by molar-refractivity contribution is 0.0105. The Hall–Kier alpha value is -0.450. The van der Waals surface area contributed by atoms with Gasteiger partial charge in [-0.05, 0) is 36.6 Å². The molecule has 16 heavy (non-hydrogen) atoms. The number of benzene rings is 1. The normalized spacial score (nSPS) is 20.2. The van der Waals surface area contributed by atoms with Crippen LogP contribution in [0.5, 0.6) is 0 Å². The zero-order valence-corrected chi connectivity index (χ0v) is 10.5. The van der Waals surface area contributed by atoms with Crippen LogP contribution in [-0.4, -0.2) is 19.3 Å². The molecule has 4 heteroatoms. The third-order valence-electron chi connectivity index (χ3n) is 2.52. The summed E-state index contributed by atoms with van der Waals surface area (Å²) in [6, 6.07) is 4.78. The first-order valence-corrected chi connectivity index (χ1v) is 6.17. The highest BCUT2D eigenvalue weighted by atomic mass is 79.9. The first-order chi connectivity index (χ1) is 7.74. The topological polar surface area (TPSA) is 18.5 Å². The van der Waals surface area contributed by atoms with E-state index in [0.717, 1.165) is 29.5 Å². The van der Waals surface area contributed by atoms with Crippen LogP contribution in [0.25, 0.3) is 0 Å². The van der Waals surface area contributed by atoms with Gasteiger partial charge in [-0.25, -0.2) is 4.39 Å². The van der Waals surface area contributed by atoms with Crippen molar-refractivity contribution >= 4 is 15.9 Å². The maximum atomic E-state index is 13.0. The Balaban J connectivity index is 1.80. The summed E-state index contributed by atoms with van der Waals surface area (Å²) in [5.41, 5.74) is 0.838. The molecule has 1 unspecified atom stereocenters. The Kier molecular flexibility index (Phi) is 4.32. The molecular weight excluding hydrogens is 275 g/mol. The average Bonchev–Trinajstić information content (AvgIpc) is 2.69. The summed E-state index contributed by atoms with van der Waals surface area (Å²) in [5, 5.41) is 0. The molecule has 1 aromatic rings. The van der Waals surface area contributed by atoms with Gasteiger partial charge in [0.15, 0.2) is 0 Å². The zero-order valence-electron chi connectivity index (χ0n) is 8.92. The highest BCUT2D eigenvalue weighted by molar-refractivity contribution is 9.10. The van der Waals surface area contributed by atoms with Crippen molar-refractivity contribution in [1.29, 1.82) is 0 Å². The van der Waals surface area contributed by atoms with Gasteiger partial charge in [0.05, 0.1) is 19.3 Å². The van der Waals surface area contributed by atoms with Crippen molar-refractivity contribution in [2.75, 3.05) is 13.2 Å². The van der Waals surface area contributed by atoms with Crippen LogP contribution in [0.2, 0.25) is 0 Å². The summed E-state index contributed by atoms with van der Waals surface area (Å²) in [7, 11) is 0. The molecule has 0 N–H and O–H groups in total. The molecule has 1 aromatic carbocycles. The SMILES string of the molecule is Fc1cc(Br)cc(COCC2CCCO2)c1. The number of ether oxygens (including phenoxy) is 2. The van der Waals surface area contributed by atoms with E-state index < -0.39 is 0 Å². The molecule has 0 radical (unpaired) electrons. The molecule has 0 amide bonds.